The molecule has 0 amide bonds. The van der Waals surface area contributed by atoms with Gasteiger partial charge in [-0.2, -0.15) is 26.3 Å². The first kappa shape index (κ1) is 20.6. The first-order chi connectivity index (χ1) is 13.4. The number of carbonyl (C=O) groups excluding carboxylic acids is 1. The summed E-state index contributed by atoms with van der Waals surface area (Å²) in [5.41, 5.74) is -6.20. The van der Waals surface area contributed by atoms with Crippen molar-refractivity contribution in [1.82, 2.24) is 0 Å². The summed E-state index contributed by atoms with van der Waals surface area (Å²) in [6.07, 6.45) is -11.0. The standard InChI is InChI=1S/C19H11F6NO3/c20-18(21,22)17(29,19(23,24)25)10-5-7-11(8-6-10)26-9-14-15(27)12-3-1-2-4-13(12)16(14)28/h1-9,27,29H. The van der Waals surface area contributed by atoms with Crippen LogP contribution < -0.4 is 0 Å². The third kappa shape index (κ3) is 3.29. The number of carbonyl (C=O) groups is 1. The van der Waals surface area contributed by atoms with E-state index in [9.17, 15) is 41.4 Å². The summed E-state index contributed by atoms with van der Waals surface area (Å²) in [5, 5.41) is 19.4. The van der Waals surface area contributed by atoms with Gasteiger partial charge in [0.15, 0.2) is 5.78 Å². The number of aliphatic imine (C=N–C) groups is 1. The van der Waals surface area contributed by atoms with E-state index < -0.39 is 29.3 Å². The van der Waals surface area contributed by atoms with E-state index in [-0.39, 0.29) is 28.1 Å². The van der Waals surface area contributed by atoms with Crippen LogP contribution in [0.4, 0.5) is 32.0 Å². The second-order valence-corrected chi connectivity index (χ2v) is 6.15. The fourth-order valence-electron chi connectivity index (χ4n) is 2.82. The fraction of sp³-hybridized carbons (Fsp3) is 0.158. The van der Waals surface area contributed by atoms with Crippen molar-refractivity contribution >= 4 is 23.4 Å². The highest BCUT2D eigenvalue weighted by Gasteiger charge is 2.71. The van der Waals surface area contributed by atoms with E-state index in [0.29, 0.717) is 12.1 Å². The lowest BCUT2D eigenvalue weighted by Gasteiger charge is -2.32. The highest BCUT2D eigenvalue weighted by Crippen LogP contribution is 2.50. The molecule has 0 aromatic heterocycles. The highest BCUT2D eigenvalue weighted by atomic mass is 19.4. The molecule has 0 radical (unpaired) electrons. The van der Waals surface area contributed by atoms with Crippen LogP contribution >= 0.6 is 0 Å². The number of halogens is 6. The maximum atomic E-state index is 12.9. The van der Waals surface area contributed by atoms with Crippen LogP contribution in [-0.4, -0.2) is 34.6 Å². The molecule has 0 spiro atoms. The minimum absolute atomic E-state index is 0.0931. The van der Waals surface area contributed by atoms with Gasteiger partial charge in [-0.15, -0.1) is 0 Å². The number of allylic oxidation sites excluding steroid dienone is 1. The van der Waals surface area contributed by atoms with E-state index in [1.54, 1.807) is 12.1 Å². The molecule has 10 heteroatoms. The SMILES string of the molecule is O=C1C(C=Nc2ccc(C(O)(C(F)(F)F)C(F)(F)F)cc2)=C(O)c2ccccc21. The van der Waals surface area contributed by atoms with Gasteiger partial charge < -0.3 is 10.2 Å². The number of nitrogens with zero attached hydrogens (tertiary/aromatic N) is 1. The predicted molar refractivity (Wildman–Crippen MR) is 90.9 cm³/mol. The van der Waals surface area contributed by atoms with Gasteiger partial charge in [0.2, 0.25) is 0 Å². The number of hydrogen-bond donors (Lipinski definition) is 2. The van der Waals surface area contributed by atoms with Crippen LogP contribution in [0.5, 0.6) is 0 Å². The third-order valence-corrected chi connectivity index (χ3v) is 4.37. The molecule has 0 aliphatic heterocycles. The van der Waals surface area contributed by atoms with E-state index >= 15 is 0 Å². The molecule has 0 fully saturated rings. The summed E-state index contributed by atoms with van der Waals surface area (Å²) in [5.74, 6) is -0.864. The number of fused-ring (bicyclic) bond motifs is 1. The average molecular weight is 415 g/mol. The zero-order valence-corrected chi connectivity index (χ0v) is 14.2. The minimum Gasteiger partial charge on any atom is -0.506 e. The van der Waals surface area contributed by atoms with E-state index in [1.807, 2.05) is 0 Å². The molecule has 0 unspecified atom stereocenters. The molecule has 2 aromatic rings. The van der Waals surface area contributed by atoms with Gasteiger partial charge in [0.25, 0.3) is 5.60 Å². The number of Topliss-reactive ketones (excluding diaryl/α,β-unsaturated/α-hetero) is 1. The van der Waals surface area contributed by atoms with Gasteiger partial charge in [-0.3, -0.25) is 9.79 Å². The topological polar surface area (TPSA) is 69.9 Å². The molecule has 3 rings (SSSR count). The monoisotopic (exact) mass is 415 g/mol. The highest BCUT2D eigenvalue weighted by molar-refractivity contribution is 6.30. The van der Waals surface area contributed by atoms with Crippen LogP contribution in [0.1, 0.15) is 21.5 Å². The zero-order valence-electron chi connectivity index (χ0n) is 14.2. The Bertz CT molecular complexity index is 1010. The number of alkyl halides is 6. The lowest BCUT2D eigenvalue weighted by Crippen LogP contribution is -2.53. The van der Waals surface area contributed by atoms with Crippen molar-refractivity contribution in [3.63, 3.8) is 0 Å². The lowest BCUT2D eigenvalue weighted by atomic mass is 9.92. The van der Waals surface area contributed by atoms with Crippen LogP contribution in [0.2, 0.25) is 0 Å². The molecule has 2 aromatic carbocycles. The van der Waals surface area contributed by atoms with Crippen LogP contribution in [0.15, 0.2) is 59.1 Å². The van der Waals surface area contributed by atoms with Crippen molar-refractivity contribution in [3.05, 3.63) is 70.8 Å². The summed E-state index contributed by atoms with van der Waals surface area (Å²) in [6.45, 7) is 0. The van der Waals surface area contributed by atoms with Crippen molar-refractivity contribution in [2.24, 2.45) is 4.99 Å². The Labute approximate surface area is 159 Å². The van der Waals surface area contributed by atoms with Crippen molar-refractivity contribution in [2.45, 2.75) is 18.0 Å². The molecular weight excluding hydrogens is 404 g/mol. The lowest BCUT2D eigenvalue weighted by molar-refractivity contribution is -0.376. The van der Waals surface area contributed by atoms with Gasteiger partial charge in [0.05, 0.1) is 11.3 Å². The summed E-state index contributed by atoms with van der Waals surface area (Å²) in [4.78, 5) is 16.1. The molecule has 0 saturated carbocycles. The third-order valence-electron chi connectivity index (χ3n) is 4.37. The van der Waals surface area contributed by atoms with Crippen molar-refractivity contribution in [1.29, 1.82) is 0 Å². The molecule has 0 saturated heterocycles. The minimum atomic E-state index is -5.99. The number of benzene rings is 2. The van der Waals surface area contributed by atoms with Crippen LogP contribution in [-0.2, 0) is 5.60 Å². The molecule has 2 N–H and O–H groups in total. The summed E-state index contributed by atoms with van der Waals surface area (Å²) in [7, 11) is 0. The maximum absolute atomic E-state index is 12.9. The van der Waals surface area contributed by atoms with Gasteiger partial charge in [-0.25, -0.2) is 0 Å². The molecule has 1 aliphatic carbocycles. The first-order valence-corrected chi connectivity index (χ1v) is 7.95. The van der Waals surface area contributed by atoms with E-state index in [2.05, 4.69) is 4.99 Å². The molecule has 0 bridgehead atoms. The molecule has 1 aliphatic rings. The molecule has 0 atom stereocenters. The van der Waals surface area contributed by atoms with E-state index in [0.717, 1.165) is 18.3 Å². The normalized spacial score (nSPS) is 15.3. The average Bonchev–Trinajstić information content (AvgIpc) is 2.89. The van der Waals surface area contributed by atoms with Crippen LogP contribution in [0.25, 0.3) is 5.76 Å². The van der Waals surface area contributed by atoms with Crippen molar-refractivity contribution < 1.29 is 41.4 Å². The van der Waals surface area contributed by atoms with Crippen molar-refractivity contribution in [2.75, 3.05) is 0 Å². The molecule has 4 nitrogen and oxygen atoms in total. The quantitative estimate of drug-likeness (QED) is 0.555. The van der Waals surface area contributed by atoms with Gasteiger partial charge in [-0.05, 0) is 12.1 Å². The number of aliphatic hydroxyl groups is 2. The number of ketones is 1. The van der Waals surface area contributed by atoms with Crippen LogP contribution in [0, 0.1) is 0 Å². The number of rotatable bonds is 3. The Morgan fingerprint density at radius 3 is 1.83 bits per heavy atom. The van der Waals surface area contributed by atoms with Gasteiger partial charge in [-0.1, -0.05) is 36.4 Å². The fourth-order valence-corrected chi connectivity index (χ4v) is 2.82. The Morgan fingerprint density at radius 1 is 0.828 bits per heavy atom. The smallest absolute Gasteiger partial charge is 0.430 e. The van der Waals surface area contributed by atoms with Gasteiger partial charge in [0.1, 0.15) is 5.76 Å². The largest absolute Gasteiger partial charge is 0.506 e. The number of hydrogen-bond acceptors (Lipinski definition) is 4. The molecular formula is C19H11F6NO3. The molecule has 152 valence electrons. The summed E-state index contributed by atoms with van der Waals surface area (Å²) < 4.78 is 77.3. The van der Waals surface area contributed by atoms with Gasteiger partial charge >= 0.3 is 12.4 Å². The van der Waals surface area contributed by atoms with E-state index in [4.69, 9.17) is 0 Å². The first-order valence-electron chi connectivity index (χ1n) is 7.95. The second-order valence-electron chi connectivity index (χ2n) is 6.15. The molecule has 29 heavy (non-hydrogen) atoms. The Morgan fingerprint density at radius 2 is 1.34 bits per heavy atom. The number of aliphatic hydroxyl groups excluding tert-OH is 1. The van der Waals surface area contributed by atoms with Gasteiger partial charge in [0, 0.05) is 22.9 Å². The second kappa shape index (κ2) is 6.73. The van der Waals surface area contributed by atoms with Crippen LogP contribution in [0.3, 0.4) is 0 Å². The maximum Gasteiger partial charge on any atom is 0.430 e. The Hall–Kier alpha value is -3.14. The molecule has 0 heterocycles. The van der Waals surface area contributed by atoms with Crippen molar-refractivity contribution in [3.8, 4) is 0 Å². The predicted octanol–water partition coefficient (Wildman–Crippen LogP) is 4.87. The van der Waals surface area contributed by atoms with E-state index in [1.165, 1.54) is 12.1 Å². The summed E-state index contributed by atoms with van der Waals surface area (Å²) >= 11 is 0. The Balaban J connectivity index is 1.91. The Kier molecular flexibility index (Phi) is 4.78. The zero-order chi connectivity index (χ0) is 21.6. The summed E-state index contributed by atoms with van der Waals surface area (Å²) in [6, 6.07) is 8.69.